The number of rotatable bonds is 9. The molecule has 2 aliphatic rings. The van der Waals surface area contributed by atoms with Gasteiger partial charge in [0.05, 0.1) is 29.3 Å². The SMILES string of the molecule is CN(C)CCOc1ccc(OCCN(C)C)c2c1C(=O)C1=C(C2=O)N(c2ccc(C#N)cc2)Cc2ccccc2O1. The van der Waals surface area contributed by atoms with E-state index in [0.29, 0.717) is 54.8 Å². The summed E-state index contributed by atoms with van der Waals surface area (Å²) in [5.74, 6) is 0.187. The zero-order valence-electron chi connectivity index (χ0n) is 23.6. The highest BCUT2D eigenvalue weighted by atomic mass is 16.5. The normalized spacial score (nSPS) is 14.2. The summed E-state index contributed by atoms with van der Waals surface area (Å²) < 4.78 is 18.4. The van der Waals surface area contributed by atoms with E-state index < -0.39 is 11.6 Å². The number of para-hydroxylation sites is 1. The fourth-order valence-corrected chi connectivity index (χ4v) is 4.74. The third-order valence-electron chi connectivity index (χ3n) is 6.90. The third kappa shape index (κ3) is 5.66. The Labute approximate surface area is 239 Å². The summed E-state index contributed by atoms with van der Waals surface area (Å²) in [6, 6.07) is 19.8. The predicted octanol–water partition coefficient (Wildman–Crippen LogP) is 4.13. The van der Waals surface area contributed by atoms with Crippen molar-refractivity contribution in [3.63, 3.8) is 0 Å². The maximum atomic E-state index is 14.5. The van der Waals surface area contributed by atoms with Crippen molar-refractivity contribution in [3.8, 4) is 23.3 Å². The van der Waals surface area contributed by atoms with Gasteiger partial charge >= 0.3 is 0 Å². The van der Waals surface area contributed by atoms with Crippen molar-refractivity contribution in [2.75, 3.05) is 59.4 Å². The Morgan fingerprint density at radius 1 is 0.829 bits per heavy atom. The molecule has 9 heteroatoms. The molecule has 0 radical (unpaired) electrons. The lowest BCUT2D eigenvalue weighted by Gasteiger charge is -2.30. The van der Waals surface area contributed by atoms with Crippen LogP contribution >= 0.6 is 0 Å². The van der Waals surface area contributed by atoms with Crippen LogP contribution in [-0.4, -0.2) is 75.9 Å². The molecule has 0 bridgehead atoms. The number of hydrogen-bond acceptors (Lipinski definition) is 9. The summed E-state index contributed by atoms with van der Waals surface area (Å²) >= 11 is 0. The molecule has 0 amide bonds. The first kappa shape index (κ1) is 27.9. The summed E-state index contributed by atoms with van der Waals surface area (Å²) in [6.45, 7) is 2.19. The van der Waals surface area contributed by atoms with Crippen LogP contribution in [0, 0.1) is 11.3 Å². The van der Waals surface area contributed by atoms with Gasteiger partial charge in [0.2, 0.25) is 17.3 Å². The highest BCUT2D eigenvalue weighted by molar-refractivity contribution is 6.29. The minimum absolute atomic E-state index is 0.0697. The van der Waals surface area contributed by atoms with Crippen molar-refractivity contribution in [2.24, 2.45) is 0 Å². The van der Waals surface area contributed by atoms with E-state index in [-0.39, 0.29) is 29.1 Å². The number of carbonyl (C=O) groups is 2. The second-order valence-corrected chi connectivity index (χ2v) is 10.4. The molecule has 0 atom stereocenters. The molecule has 9 nitrogen and oxygen atoms in total. The molecule has 0 saturated heterocycles. The predicted molar refractivity (Wildman–Crippen MR) is 155 cm³/mol. The highest BCUT2D eigenvalue weighted by Gasteiger charge is 2.43. The summed E-state index contributed by atoms with van der Waals surface area (Å²) in [5, 5.41) is 9.32. The van der Waals surface area contributed by atoms with E-state index in [1.165, 1.54) is 0 Å². The molecule has 41 heavy (non-hydrogen) atoms. The van der Waals surface area contributed by atoms with Crippen molar-refractivity contribution in [1.29, 1.82) is 5.26 Å². The van der Waals surface area contributed by atoms with E-state index in [1.54, 1.807) is 47.4 Å². The van der Waals surface area contributed by atoms with Gasteiger partial charge in [-0.15, -0.1) is 0 Å². The van der Waals surface area contributed by atoms with Crippen LogP contribution in [0.15, 0.2) is 72.1 Å². The Hall–Kier alpha value is -4.65. The van der Waals surface area contributed by atoms with Crippen molar-refractivity contribution in [3.05, 3.63) is 94.4 Å². The van der Waals surface area contributed by atoms with Crippen LogP contribution in [0.4, 0.5) is 5.69 Å². The Bertz CT molecular complexity index is 1550. The summed E-state index contributed by atoms with van der Waals surface area (Å²) in [7, 11) is 7.73. The Kier molecular flexibility index (Phi) is 8.06. The van der Waals surface area contributed by atoms with E-state index in [4.69, 9.17) is 14.2 Å². The molecule has 0 N–H and O–H groups in total. The number of likely N-dealkylation sites (N-methyl/N-ethyl adjacent to an activating group) is 2. The van der Waals surface area contributed by atoms with Gasteiger partial charge in [-0.3, -0.25) is 9.59 Å². The number of anilines is 1. The number of carbonyl (C=O) groups excluding carboxylic acids is 2. The number of fused-ring (bicyclic) bond motifs is 2. The van der Waals surface area contributed by atoms with E-state index in [1.807, 2.05) is 56.2 Å². The van der Waals surface area contributed by atoms with Gasteiger partial charge < -0.3 is 28.9 Å². The maximum Gasteiger partial charge on any atom is 0.235 e. The van der Waals surface area contributed by atoms with Crippen LogP contribution in [0.25, 0.3) is 0 Å². The second kappa shape index (κ2) is 11.8. The third-order valence-corrected chi connectivity index (χ3v) is 6.90. The lowest BCUT2D eigenvalue weighted by Crippen LogP contribution is -2.35. The molecule has 0 fully saturated rings. The minimum atomic E-state index is -0.456. The Balaban J connectivity index is 1.66. The number of Topliss-reactive ketones (excluding diaryl/α,β-unsaturated/α-hetero) is 2. The number of nitriles is 1. The molecule has 1 heterocycles. The smallest absolute Gasteiger partial charge is 0.235 e. The van der Waals surface area contributed by atoms with Crippen LogP contribution < -0.4 is 19.1 Å². The largest absolute Gasteiger partial charge is 0.491 e. The first-order valence-electron chi connectivity index (χ1n) is 13.4. The molecule has 0 saturated carbocycles. The first-order chi connectivity index (χ1) is 19.8. The molecule has 0 aromatic heterocycles. The average Bonchev–Trinajstić information content (AvgIpc) is 3.13. The summed E-state index contributed by atoms with van der Waals surface area (Å²) in [5.41, 5.74) is 2.35. The molecule has 0 unspecified atom stereocenters. The van der Waals surface area contributed by atoms with Gasteiger partial charge in [-0.05, 0) is 70.7 Å². The van der Waals surface area contributed by atoms with E-state index in [2.05, 4.69) is 6.07 Å². The molecule has 0 spiro atoms. The van der Waals surface area contributed by atoms with Gasteiger partial charge in [0.1, 0.15) is 36.2 Å². The lowest BCUT2D eigenvalue weighted by atomic mass is 9.88. The number of benzene rings is 3. The molecule has 3 aromatic rings. The number of ether oxygens (including phenoxy) is 3. The monoisotopic (exact) mass is 552 g/mol. The van der Waals surface area contributed by atoms with Gasteiger partial charge in [0.25, 0.3) is 0 Å². The van der Waals surface area contributed by atoms with Gasteiger partial charge in [-0.2, -0.15) is 5.26 Å². The fourth-order valence-electron chi connectivity index (χ4n) is 4.74. The van der Waals surface area contributed by atoms with E-state index in [9.17, 15) is 14.9 Å². The summed E-state index contributed by atoms with van der Waals surface area (Å²) in [4.78, 5) is 34.6. The van der Waals surface area contributed by atoms with Crippen LogP contribution in [0.1, 0.15) is 31.8 Å². The van der Waals surface area contributed by atoms with Crippen LogP contribution in [0.3, 0.4) is 0 Å². The second-order valence-electron chi connectivity index (χ2n) is 10.4. The number of nitrogens with zero attached hydrogens (tertiary/aromatic N) is 4. The topological polar surface area (TPSA) is 95.3 Å². The number of ketones is 2. The van der Waals surface area contributed by atoms with Crippen LogP contribution in [0.5, 0.6) is 17.2 Å². The van der Waals surface area contributed by atoms with Crippen molar-refractivity contribution in [2.45, 2.75) is 6.54 Å². The van der Waals surface area contributed by atoms with Gasteiger partial charge in [-0.1, -0.05) is 18.2 Å². The number of allylic oxidation sites excluding steroid dienone is 2. The quantitative estimate of drug-likeness (QED) is 0.388. The lowest BCUT2D eigenvalue weighted by molar-refractivity contribution is 0.0928. The molecule has 210 valence electrons. The van der Waals surface area contributed by atoms with Crippen molar-refractivity contribution in [1.82, 2.24) is 9.80 Å². The molecular formula is C32H32N4O5. The first-order valence-corrected chi connectivity index (χ1v) is 13.4. The van der Waals surface area contributed by atoms with Crippen molar-refractivity contribution >= 4 is 17.3 Å². The van der Waals surface area contributed by atoms with Gasteiger partial charge in [-0.25, -0.2) is 0 Å². The molecule has 1 aliphatic heterocycles. The molecule has 3 aromatic carbocycles. The van der Waals surface area contributed by atoms with Crippen LogP contribution in [0.2, 0.25) is 0 Å². The fraction of sp³-hybridized carbons (Fsp3) is 0.281. The molecule has 1 aliphatic carbocycles. The Morgan fingerprint density at radius 3 is 2.00 bits per heavy atom. The van der Waals surface area contributed by atoms with E-state index in [0.717, 1.165) is 5.56 Å². The summed E-state index contributed by atoms with van der Waals surface area (Å²) in [6.07, 6.45) is 0. The maximum absolute atomic E-state index is 14.5. The van der Waals surface area contributed by atoms with Gasteiger partial charge in [0, 0.05) is 24.3 Å². The zero-order chi connectivity index (χ0) is 29.1. The Morgan fingerprint density at radius 2 is 1.41 bits per heavy atom. The highest BCUT2D eigenvalue weighted by Crippen LogP contribution is 2.43. The average molecular weight is 553 g/mol. The standard InChI is InChI=1S/C32H32N4O5/c1-34(2)15-17-39-25-13-14-26(40-18-16-35(3)4)28-27(25)30(37)29-32(31(28)38)41-24-8-6-5-7-22(24)20-36(29)23-11-9-21(19-33)10-12-23/h5-14H,15-18,20H2,1-4H3. The van der Waals surface area contributed by atoms with E-state index >= 15 is 0 Å². The number of hydrogen-bond donors (Lipinski definition) is 0. The minimum Gasteiger partial charge on any atom is -0.491 e. The van der Waals surface area contributed by atoms with Crippen LogP contribution in [-0.2, 0) is 6.54 Å². The van der Waals surface area contributed by atoms with Crippen molar-refractivity contribution < 1.29 is 23.8 Å². The van der Waals surface area contributed by atoms with Gasteiger partial charge in [0.15, 0.2) is 0 Å². The molecular weight excluding hydrogens is 520 g/mol. The zero-order valence-corrected chi connectivity index (χ0v) is 23.6. The molecule has 5 rings (SSSR count).